The van der Waals surface area contributed by atoms with Gasteiger partial charge in [0.05, 0.1) is 6.61 Å². The van der Waals surface area contributed by atoms with Crippen molar-refractivity contribution in [2.24, 2.45) is 0 Å². The highest BCUT2D eigenvalue weighted by molar-refractivity contribution is 7.98. The number of rotatable bonds is 6. The summed E-state index contributed by atoms with van der Waals surface area (Å²) in [5, 5.41) is 14.0. The molecule has 3 aromatic carbocycles. The lowest BCUT2D eigenvalue weighted by Crippen LogP contribution is -2.30. The first-order chi connectivity index (χ1) is 12.3. The molecule has 0 fully saturated rings. The summed E-state index contributed by atoms with van der Waals surface area (Å²) in [6.45, 7) is 2.30. The summed E-state index contributed by atoms with van der Waals surface area (Å²) < 4.78 is 5.41. The minimum atomic E-state index is -2.18. The van der Waals surface area contributed by atoms with Crippen molar-refractivity contribution in [1.82, 2.24) is 0 Å². The minimum Gasteiger partial charge on any atom is -0.479 e. The van der Waals surface area contributed by atoms with E-state index in [1.807, 2.05) is 67.3 Å². The van der Waals surface area contributed by atoms with Gasteiger partial charge in [0.2, 0.25) is 0 Å². The molecule has 0 saturated heterocycles. The van der Waals surface area contributed by atoms with Crippen molar-refractivity contribution in [2.75, 3.05) is 6.61 Å². The highest BCUT2D eigenvalue weighted by atomic mass is 31.2. The molecule has 3 heteroatoms. The average Bonchev–Trinajstić information content (AvgIpc) is 2.68. The van der Waals surface area contributed by atoms with E-state index in [1.54, 1.807) is 0 Å². The predicted molar refractivity (Wildman–Crippen MR) is 107 cm³/mol. The molecule has 0 aliphatic heterocycles. The second-order valence-corrected chi connectivity index (χ2v) is 8.88. The van der Waals surface area contributed by atoms with E-state index in [1.165, 1.54) is 15.9 Å². The molecule has 3 aromatic rings. The normalized spacial score (nSPS) is 12.0. The predicted octanol–water partition coefficient (Wildman–Crippen LogP) is 4.37. The molecular weight excluding hydrogens is 327 g/mol. The second kappa shape index (κ2) is 8.00. The molecule has 0 amide bonds. The molecule has 0 aliphatic rings. The van der Waals surface area contributed by atoms with E-state index < -0.39 is 7.26 Å². The smallest absolute Gasteiger partial charge is 0.314 e. The van der Waals surface area contributed by atoms with E-state index in [0.29, 0.717) is 6.61 Å². The summed E-state index contributed by atoms with van der Waals surface area (Å²) in [5.41, 5.74) is 0. The molecule has 0 aromatic heterocycles. The number of hydrogen-bond donors (Lipinski definition) is 1. The summed E-state index contributed by atoms with van der Waals surface area (Å²) in [4.78, 5) is 0. The van der Waals surface area contributed by atoms with Crippen molar-refractivity contribution >= 4 is 23.2 Å². The van der Waals surface area contributed by atoms with Gasteiger partial charge in [-0.15, -0.1) is 0 Å². The van der Waals surface area contributed by atoms with Crippen LogP contribution in [0.15, 0.2) is 103 Å². The topological polar surface area (TPSA) is 29.5 Å². The van der Waals surface area contributed by atoms with E-state index in [0.717, 1.165) is 0 Å². The van der Waals surface area contributed by atoms with Gasteiger partial charge in [-0.3, -0.25) is 0 Å². The summed E-state index contributed by atoms with van der Waals surface area (Å²) >= 11 is 0. The Labute approximate surface area is 149 Å². The molecule has 0 unspecified atom stereocenters. The number of hydrogen-bond acceptors (Lipinski definition) is 2. The van der Waals surface area contributed by atoms with E-state index in [4.69, 9.17) is 4.74 Å². The van der Waals surface area contributed by atoms with Gasteiger partial charge in [-0.05, 0) is 43.3 Å². The van der Waals surface area contributed by atoms with Crippen molar-refractivity contribution in [3.05, 3.63) is 103 Å². The molecule has 0 spiro atoms. The number of aliphatic hydroxyl groups is 1. The third-order valence-corrected chi connectivity index (χ3v) is 8.03. The Bertz CT molecular complexity index is 718. The van der Waals surface area contributed by atoms with Gasteiger partial charge in [-0.2, -0.15) is 0 Å². The van der Waals surface area contributed by atoms with Crippen LogP contribution in [0.25, 0.3) is 0 Å². The average molecular weight is 349 g/mol. The molecule has 0 radical (unpaired) electrons. The highest BCUT2D eigenvalue weighted by Crippen LogP contribution is 2.57. The van der Waals surface area contributed by atoms with Crippen LogP contribution in [0.1, 0.15) is 6.92 Å². The van der Waals surface area contributed by atoms with Crippen LogP contribution >= 0.6 is 7.26 Å². The van der Waals surface area contributed by atoms with E-state index in [9.17, 15) is 5.11 Å². The molecule has 2 nitrogen and oxygen atoms in total. The third-order valence-electron chi connectivity index (χ3n) is 4.09. The molecule has 0 bridgehead atoms. The van der Waals surface area contributed by atoms with E-state index >= 15 is 0 Å². The Morgan fingerprint density at radius 2 is 1.12 bits per heavy atom. The van der Waals surface area contributed by atoms with Gasteiger partial charge in [-0.1, -0.05) is 54.6 Å². The number of ether oxygens (including phenoxy) is 1. The molecule has 3 rings (SSSR count). The molecule has 0 aliphatic carbocycles. The molecule has 25 heavy (non-hydrogen) atoms. The Balaban J connectivity index is 2.34. The fourth-order valence-electron chi connectivity index (χ4n) is 3.01. The fourth-order valence-corrected chi connectivity index (χ4v) is 6.69. The van der Waals surface area contributed by atoms with E-state index in [-0.39, 0.29) is 5.95 Å². The van der Waals surface area contributed by atoms with Crippen LogP contribution in [0.2, 0.25) is 0 Å². The monoisotopic (exact) mass is 349 g/mol. The zero-order chi connectivity index (χ0) is 17.5. The zero-order valence-electron chi connectivity index (χ0n) is 14.2. The van der Waals surface area contributed by atoms with Gasteiger partial charge in [0, 0.05) is 0 Å². The van der Waals surface area contributed by atoms with Gasteiger partial charge in [-0.25, -0.2) is 0 Å². The lowest BCUT2D eigenvalue weighted by molar-refractivity contribution is 0.104. The van der Waals surface area contributed by atoms with Crippen molar-refractivity contribution in [3.63, 3.8) is 0 Å². The van der Waals surface area contributed by atoms with Crippen LogP contribution in [0.5, 0.6) is 0 Å². The lowest BCUT2D eigenvalue weighted by Gasteiger charge is -2.24. The molecular formula is C22H22O2P+. The van der Waals surface area contributed by atoms with Gasteiger partial charge >= 0.3 is 5.95 Å². The molecule has 126 valence electrons. The summed E-state index contributed by atoms with van der Waals surface area (Å²) in [6, 6.07) is 31.1. The van der Waals surface area contributed by atoms with E-state index in [2.05, 4.69) is 36.4 Å². The van der Waals surface area contributed by atoms with Crippen LogP contribution in [0.3, 0.4) is 0 Å². The van der Waals surface area contributed by atoms with Crippen LogP contribution in [0.4, 0.5) is 0 Å². The first kappa shape index (κ1) is 17.3. The summed E-state index contributed by atoms with van der Waals surface area (Å²) in [6.07, 6.45) is 0. The van der Waals surface area contributed by atoms with Crippen molar-refractivity contribution in [2.45, 2.75) is 6.92 Å². The van der Waals surface area contributed by atoms with Crippen molar-refractivity contribution < 1.29 is 9.84 Å². The maximum absolute atomic E-state index is 10.4. The van der Waals surface area contributed by atoms with Crippen LogP contribution in [0, 0.1) is 0 Å². The molecule has 0 saturated carbocycles. The Morgan fingerprint density at radius 1 is 0.760 bits per heavy atom. The van der Waals surface area contributed by atoms with Gasteiger partial charge in [0.25, 0.3) is 0 Å². The standard InChI is InChI=1S/C22H21O2P/c1-2-24-22(23)18-25(19-12-6-3-7-13-19,20-14-8-4-9-15-20)21-16-10-5-11-17-21/h3-18H,2H2,1H3/p+1/b22-18-. The largest absolute Gasteiger partial charge is 0.479 e. The highest BCUT2D eigenvalue weighted by Gasteiger charge is 2.45. The molecule has 0 heterocycles. The number of aliphatic hydroxyl groups excluding tert-OH is 1. The van der Waals surface area contributed by atoms with Crippen molar-refractivity contribution in [3.8, 4) is 0 Å². The molecule has 1 N–H and O–H groups in total. The Hall–Kier alpha value is -2.57. The Morgan fingerprint density at radius 3 is 1.44 bits per heavy atom. The summed E-state index contributed by atoms with van der Waals surface area (Å²) in [5.74, 6) is 1.89. The quantitative estimate of drug-likeness (QED) is 0.529. The molecule has 0 atom stereocenters. The van der Waals surface area contributed by atoms with Gasteiger partial charge in [0.15, 0.2) is 5.82 Å². The maximum atomic E-state index is 10.4. The van der Waals surface area contributed by atoms with Crippen LogP contribution < -0.4 is 15.9 Å². The summed E-state index contributed by atoms with van der Waals surface area (Å²) in [7, 11) is -2.18. The van der Waals surface area contributed by atoms with Gasteiger partial charge in [0.1, 0.15) is 23.2 Å². The lowest BCUT2D eigenvalue weighted by atomic mass is 10.4. The van der Waals surface area contributed by atoms with Crippen LogP contribution in [-0.2, 0) is 4.74 Å². The van der Waals surface area contributed by atoms with Crippen molar-refractivity contribution in [1.29, 1.82) is 0 Å². The Kier molecular flexibility index (Phi) is 5.53. The minimum absolute atomic E-state index is 0.0209. The van der Waals surface area contributed by atoms with Gasteiger partial charge < -0.3 is 9.84 Å². The van der Waals surface area contributed by atoms with Crippen LogP contribution in [-0.4, -0.2) is 11.7 Å². The third kappa shape index (κ3) is 3.60. The number of benzene rings is 3. The SMILES string of the molecule is CCO/C(O)=C\[P+](c1ccccc1)(c1ccccc1)c1ccccc1. The fraction of sp³-hybridized carbons (Fsp3) is 0.0909. The first-order valence-electron chi connectivity index (χ1n) is 8.37. The second-order valence-electron chi connectivity index (χ2n) is 5.63. The first-order valence-corrected chi connectivity index (χ1v) is 10.2. The maximum Gasteiger partial charge on any atom is 0.314 e. The zero-order valence-corrected chi connectivity index (χ0v) is 15.1.